The SMILES string of the molecule is NC(/C=C/C(=O)O)C(CP(=O)(O)O)C(=O)c1ccccc1. The molecule has 0 aliphatic heterocycles. The van der Waals surface area contributed by atoms with Gasteiger partial charge < -0.3 is 20.6 Å². The van der Waals surface area contributed by atoms with Crippen LogP contribution in [-0.2, 0) is 9.36 Å². The van der Waals surface area contributed by atoms with Gasteiger partial charge in [-0.2, -0.15) is 0 Å². The number of ketones is 1. The summed E-state index contributed by atoms with van der Waals surface area (Å²) in [5.74, 6) is -3.00. The normalized spacial score (nSPS) is 14.8. The minimum Gasteiger partial charge on any atom is -0.478 e. The minimum atomic E-state index is -4.48. The monoisotopic (exact) mass is 313 g/mol. The molecule has 2 atom stereocenters. The first-order valence-electron chi connectivity index (χ1n) is 6.01. The van der Waals surface area contributed by atoms with Crippen LogP contribution < -0.4 is 5.73 Å². The lowest BCUT2D eigenvalue weighted by atomic mass is 9.92. The number of hydrogen-bond acceptors (Lipinski definition) is 4. The Bertz CT molecular complexity index is 580. The number of rotatable bonds is 7. The Kier molecular flexibility index (Phi) is 5.99. The Morgan fingerprint density at radius 3 is 2.29 bits per heavy atom. The number of hydrogen-bond donors (Lipinski definition) is 4. The lowest BCUT2D eigenvalue weighted by molar-refractivity contribution is -0.131. The highest BCUT2D eigenvalue weighted by Crippen LogP contribution is 2.38. The second-order valence-corrected chi connectivity index (χ2v) is 6.15. The number of benzene rings is 1. The second-order valence-electron chi connectivity index (χ2n) is 4.46. The fourth-order valence-electron chi connectivity index (χ4n) is 1.78. The van der Waals surface area contributed by atoms with Crippen LogP contribution in [-0.4, -0.2) is 38.8 Å². The fraction of sp³-hybridized carbons (Fsp3) is 0.231. The molecule has 0 aromatic heterocycles. The molecular formula is C13H16NO6P. The van der Waals surface area contributed by atoms with E-state index in [0.717, 1.165) is 12.2 Å². The Balaban J connectivity index is 3.05. The van der Waals surface area contributed by atoms with Crippen LogP contribution in [0.2, 0.25) is 0 Å². The smallest absolute Gasteiger partial charge is 0.328 e. The molecule has 0 amide bonds. The molecule has 0 bridgehead atoms. The van der Waals surface area contributed by atoms with E-state index in [1.165, 1.54) is 12.1 Å². The summed E-state index contributed by atoms with van der Waals surface area (Å²) in [6.07, 6.45) is 1.05. The van der Waals surface area contributed by atoms with Gasteiger partial charge in [0.25, 0.3) is 0 Å². The van der Waals surface area contributed by atoms with E-state index in [4.69, 9.17) is 20.6 Å². The van der Waals surface area contributed by atoms with Crippen LogP contribution in [0.5, 0.6) is 0 Å². The summed E-state index contributed by atoms with van der Waals surface area (Å²) in [5.41, 5.74) is 5.96. The highest BCUT2D eigenvalue weighted by molar-refractivity contribution is 7.51. The van der Waals surface area contributed by atoms with E-state index < -0.39 is 37.5 Å². The Hall–Kier alpha value is -1.79. The third kappa shape index (κ3) is 6.01. The number of carboxylic acid groups (broad SMARTS) is 1. The highest BCUT2D eigenvalue weighted by atomic mass is 31.2. The van der Waals surface area contributed by atoms with Gasteiger partial charge in [0.1, 0.15) is 0 Å². The molecule has 7 nitrogen and oxygen atoms in total. The molecule has 0 fully saturated rings. The lowest BCUT2D eigenvalue weighted by Crippen LogP contribution is -2.36. The van der Waals surface area contributed by atoms with Gasteiger partial charge in [-0.1, -0.05) is 36.4 Å². The summed E-state index contributed by atoms with van der Waals surface area (Å²) < 4.78 is 11.2. The molecule has 114 valence electrons. The maximum absolute atomic E-state index is 12.3. The Morgan fingerprint density at radius 1 is 1.24 bits per heavy atom. The van der Waals surface area contributed by atoms with Crippen LogP contribution in [0, 0.1) is 5.92 Å². The van der Waals surface area contributed by atoms with E-state index in [1.807, 2.05) is 0 Å². The van der Waals surface area contributed by atoms with Gasteiger partial charge in [0.15, 0.2) is 5.78 Å². The van der Waals surface area contributed by atoms with Crippen molar-refractivity contribution in [2.45, 2.75) is 6.04 Å². The number of carbonyl (C=O) groups excluding carboxylic acids is 1. The van der Waals surface area contributed by atoms with Gasteiger partial charge in [-0.3, -0.25) is 9.36 Å². The summed E-state index contributed by atoms with van der Waals surface area (Å²) in [5, 5.41) is 8.55. The second kappa shape index (κ2) is 7.28. The molecule has 21 heavy (non-hydrogen) atoms. The van der Waals surface area contributed by atoms with Gasteiger partial charge in [0, 0.05) is 17.7 Å². The van der Waals surface area contributed by atoms with E-state index >= 15 is 0 Å². The van der Waals surface area contributed by atoms with Crippen LogP contribution >= 0.6 is 7.60 Å². The molecule has 5 N–H and O–H groups in total. The average molecular weight is 313 g/mol. The summed E-state index contributed by atoms with van der Waals surface area (Å²) in [6.45, 7) is 0. The van der Waals surface area contributed by atoms with Crippen molar-refractivity contribution in [3.8, 4) is 0 Å². The summed E-state index contributed by atoms with van der Waals surface area (Å²) in [4.78, 5) is 40.9. The first-order valence-corrected chi connectivity index (χ1v) is 7.81. The van der Waals surface area contributed by atoms with Crippen LogP contribution in [0.3, 0.4) is 0 Å². The maximum atomic E-state index is 12.3. The van der Waals surface area contributed by atoms with Gasteiger partial charge >= 0.3 is 13.6 Å². The molecule has 2 unspecified atom stereocenters. The first kappa shape index (κ1) is 17.3. The van der Waals surface area contributed by atoms with Gasteiger partial charge in [-0.05, 0) is 0 Å². The van der Waals surface area contributed by atoms with E-state index in [9.17, 15) is 14.2 Å². The van der Waals surface area contributed by atoms with E-state index in [-0.39, 0.29) is 5.56 Å². The van der Waals surface area contributed by atoms with Crippen molar-refractivity contribution < 1.29 is 29.0 Å². The summed E-state index contributed by atoms with van der Waals surface area (Å²) >= 11 is 0. The molecule has 0 spiro atoms. The van der Waals surface area contributed by atoms with Gasteiger partial charge in [0.2, 0.25) is 0 Å². The molecular weight excluding hydrogens is 297 g/mol. The zero-order valence-corrected chi connectivity index (χ0v) is 11.9. The molecule has 0 heterocycles. The van der Waals surface area contributed by atoms with Crippen molar-refractivity contribution in [3.05, 3.63) is 48.0 Å². The van der Waals surface area contributed by atoms with E-state index in [1.54, 1.807) is 18.2 Å². The molecule has 0 aliphatic carbocycles. The van der Waals surface area contributed by atoms with Crippen LogP contribution in [0.4, 0.5) is 0 Å². The number of nitrogens with two attached hydrogens (primary N) is 1. The molecule has 1 aromatic rings. The summed E-state index contributed by atoms with van der Waals surface area (Å²) in [7, 11) is -4.48. The molecule has 1 aromatic carbocycles. The third-order valence-corrected chi connectivity index (χ3v) is 3.62. The van der Waals surface area contributed by atoms with Crippen LogP contribution in [0.25, 0.3) is 0 Å². The van der Waals surface area contributed by atoms with Crippen LogP contribution in [0.1, 0.15) is 10.4 Å². The van der Waals surface area contributed by atoms with E-state index in [2.05, 4.69) is 0 Å². The number of carboxylic acids is 1. The Morgan fingerprint density at radius 2 is 1.81 bits per heavy atom. The minimum absolute atomic E-state index is 0.259. The van der Waals surface area contributed by atoms with Crippen molar-refractivity contribution in [1.82, 2.24) is 0 Å². The van der Waals surface area contributed by atoms with E-state index in [0.29, 0.717) is 0 Å². The zero-order valence-electron chi connectivity index (χ0n) is 11.0. The maximum Gasteiger partial charge on any atom is 0.328 e. The van der Waals surface area contributed by atoms with Gasteiger partial charge in [-0.15, -0.1) is 0 Å². The Labute approximate surface area is 121 Å². The quantitative estimate of drug-likeness (QED) is 0.329. The zero-order chi connectivity index (χ0) is 16.0. The summed E-state index contributed by atoms with van der Waals surface area (Å²) in [6, 6.07) is 6.81. The molecule has 1 rings (SSSR count). The van der Waals surface area contributed by atoms with Crippen LogP contribution in [0.15, 0.2) is 42.5 Å². The first-order chi connectivity index (χ1) is 9.70. The van der Waals surface area contributed by atoms with Gasteiger partial charge in [-0.25, -0.2) is 4.79 Å². The third-order valence-electron chi connectivity index (χ3n) is 2.76. The van der Waals surface area contributed by atoms with Gasteiger partial charge in [0.05, 0.1) is 12.1 Å². The molecule has 0 radical (unpaired) electrons. The van der Waals surface area contributed by atoms with Crippen molar-refractivity contribution in [1.29, 1.82) is 0 Å². The standard InChI is InChI=1S/C13H16NO6P/c14-11(6-7-12(15)16)10(8-21(18,19)20)13(17)9-4-2-1-3-5-9/h1-7,10-11H,8,14H2,(H,15,16)(H2,18,19,20)/b7-6+. The lowest BCUT2D eigenvalue weighted by Gasteiger charge is -2.20. The molecule has 0 saturated carbocycles. The number of carbonyl (C=O) groups is 2. The molecule has 0 aliphatic rings. The molecule has 0 saturated heterocycles. The predicted octanol–water partition coefficient (Wildman–Crippen LogP) is 0.631. The van der Waals surface area contributed by atoms with Crippen molar-refractivity contribution in [2.75, 3.05) is 6.16 Å². The topological polar surface area (TPSA) is 138 Å². The van der Waals surface area contributed by atoms with Crippen molar-refractivity contribution >= 4 is 19.3 Å². The average Bonchev–Trinajstić information content (AvgIpc) is 2.41. The predicted molar refractivity (Wildman–Crippen MR) is 75.9 cm³/mol. The van der Waals surface area contributed by atoms with Crippen molar-refractivity contribution in [3.63, 3.8) is 0 Å². The highest BCUT2D eigenvalue weighted by Gasteiger charge is 2.32. The largest absolute Gasteiger partial charge is 0.478 e. The number of aliphatic carboxylic acids is 1. The fourth-order valence-corrected chi connectivity index (χ4v) is 2.70. The number of Topliss-reactive ketones (excluding diaryl/α,β-unsaturated/α-hetero) is 1. The van der Waals surface area contributed by atoms with Crippen molar-refractivity contribution in [2.24, 2.45) is 11.7 Å². The molecule has 8 heteroatoms.